The zero-order valence-electron chi connectivity index (χ0n) is 21.0. The molecule has 1 heterocycles. The maximum absolute atomic E-state index is 13.6. The average Bonchev–Trinajstić information content (AvgIpc) is 2.97. The molecule has 0 radical (unpaired) electrons. The summed E-state index contributed by atoms with van der Waals surface area (Å²) in [5.74, 6) is -0.238. The van der Waals surface area contributed by atoms with Gasteiger partial charge in [0.1, 0.15) is 0 Å². The van der Waals surface area contributed by atoms with Crippen LogP contribution in [0.25, 0.3) is 33.6 Å². The van der Waals surface area contributed by atoms with E-state index < -0.39 is 6.04 Å². The van der Waals surface area contributed by atoms with Crippen LogP contribution in [0.2, 0.25) is 0 Å². The number of carbonyl (C=O) groups excluding carboxylic acids is 1. The van der Waals surface area contributed by atoms with Crippen LogP contribution in [0.1, 0.15) is 18.5 Å². The van der Waals surface area contributed by atoms with Crippen LogP contribution in [0.5, 0.6) is 0 Å². The Bertz CT molecular complexity index is 1390. The number of nitrogens with zero attached hydrogens (tertiary/aromatic N) is 1. The second-order valence-corrected chi connectivity index (χ2v) is 8.94. The maximum Gasteiger partial charge on any atom is 0.376 e. The predicted octanol–water partition coefficient (Wildman–Crippen LogP) is 7.32. The molecule has 0 aliphatic carbocycles. The molecule has 1 aromatic heterocycles. The third kappa shape index (κ3) is 5.52. The predicted molar refractivity (Wildman–Crippen MR) is 149 cm³/mol. The Labute approximate surface area is 218 Å². The van der Waals surface area contributed by atoms with Gasteiger partial charge in [-0.1, -0.05) is 97.1 Å². The molecule has 5 aromatic rings. The molecule has 3 nitrogen and oxygen atoms in total. The summed E-state index contributed by atoms with van der Waals surface area (Å²) >= 11 is 0. The van der Waals surface area contributed by atoms with Gasteiger partial charge in [-0.2, -0.15) is 4.57 Å². The Morgan fingerprint density at radius 3 is 1.51 bits per heavy atom. The van der Waals surface area contributed by atoms with E-state index in [1.807, 2.05) is 67.6 Å². The largest absolute Gasteiger partial charge is 0.461 e. The summed E-state index contributed by atoms with van der Waals surface area (Å²) in [7, 11) is 0. The van der Waals surface area contributed by atoms with Crippen LogP contribution in [0, 0.1) is 0 Å². The minimum atomic E-state index is -0.544. The summed E-state index contributed by atoms with van der Waals surface area (Å²) in [5, 5.41) is 0. The molecule has 0 saturated heterocycles. The molecule has 182 valence electrons. The third-order valence-corrected chi connectivity index (χ3v) is 6.49. The lowest BCUT2D eigenvalue weighted by atomic mass is 9.96. The van der Waals surface area contributed by atoms with Gasteiger partial charge in [0, 0.05) is 29.7 Å². The SMILES string of the molecule is CCOC(=O)C(Cc1ccccc1)[n+]1c(-c2ccccc2)cc(-c2ccccc2)cc1-c1ccccc1. The molecule has 0 amide bonds. The molecule has 3 heteroatoms. The molecule has 0 bridgehead atoms. The Morgan fingerprint density at radius 1 is 0.622 bits per heavy atom. The van der Waals surface area contributed by atoms with Crippen molar-refractivity contribution in [2.75, 3.05) is 6.61 Å². The van der Waals surface area contributed by atoms with Crippen LogP contribution in [0.3, 0.4) is 0 Å². The number of benzene rings is 4. The first-order chi connectivity index (χ1) is 18.2. The molecule has 1 unspecified atom stereocenters. The fraction of sp³-hybridized carbons (Fsp3) is 0.118. The molecule has 5 rings (SSSR count). The summed E-state index contributed by atoms with van der Waals surface area (Å²) < 4.78 is 7.84. The van der Waals surface area contributed by atoms with E-state index in [2.05, 4.69) is 77.4 Å². The van der Waals surface area contributed by atoms with Gasteiger partial charge in [0.2, 0.25) is 11.4 Å². The maximum atomic E-state index is 13.6. The highest BCUT2D eigenvalue weighted by molar-refractivity contribution is 5.77. The van der Waals surface area contributed by atoms with E-state index in [1.165, 1.54) is 0 Å². The second-order valence-electron chi connectivity index (χ2n) is 8.94. The van der Waals surface area contributed by atoms with E-state index in [1.54, 1.807) is 0 Å². The van der Waals surface area contributed by atoms with Gasteiger partial charge in [0.05, 0.1) is 6.61 Å². The number of esters is 1. The molecule has 0 spiro atoms. The van der Waals surface area contributed by atoms with Crippen molar-refractivity contribution in [2.45, 2.75) is 19.4 Å². The van der Waals surface area contributed by atoms with Crippen molar-refractivity contribution < 1.29 is 14.1 Å². The lowest BCUT2D eigenvalue weighted by molar-refractivity contribution is -0.689. The minimum absolute atomic E-state index is 0.238. The monoisotopic (exact) mass is 484 g/mol. The van der Waals surface area contributed by atoms with Crippen LogP contribution < -0.4 is 4.57 Å². The lowest BCUT2D eigenvalue weighted by Crippen LogP contribution is -2.49. The number of hydrogen-bond acceptors (Lipinski definition) is 2. The summed E-state index contributed by atoms with van der Waals surface area (Å²) in [5.41, 5.74) is 7.32. The number of ether oxygens (including phenoxy) is 1. The van der Waals surface area contributed by atoms with Gasteiger partial charge >= 0.3 is 5.97 Å². The van der Waals surface area contributed by atoms with Crippen molar-refractivity contribution in [3.8, 4) is 33.6 Å². The van der Waals surface area contributed by atoms with E-state index in [0.717, 1.165) is 39.2 Å². The first-order valence-corrected chi connectivity index (χ1v) is 12.7. The van der Waals surface area contributed by atoms with Gasteiger partial charge in [-0.3, -0.25) is 0 Å². The molecule has 37 heavy (non-hydrogen) atoms. The molecular weight excluding hydrogens is 454 g/mol. The van der Waals surface area contributed by atoms with Crippen LogP contribution in [0.4, 0.5) is 0 Å². The third-order valence-electron chi connectivity index (χ3n) is 6.49. The molecule has 0 saturated carbocycles. The minimum Gasteiger partial charge on any atom is -0.461 e. The summed E-state index contributed by atoms with van der Waals surface area (Å²) in [6.45, 7) is 2.19. The average molecular weight is 485 g/mol. The molecule has 0 aliphatic rings. The van der Waals surface area contributed by atoms with Crippen molar-refractivity contribution in [3.05, 3.63) is 139 Å². The van der Waals surface area contributed by atoms with Crippen LogP contribution in [-0.4, -0.2) is 12.6 Å². The zero-order valence-corrected chi connectivity index (χ0v) is 21.0. The van der Waals surface area contributed by atoms with Gasteiger partial charge in [0.15, 0.2) is 0 Å². The molecule has 0 N–H and O–H groups in total. The lowest BCUT2D eigenvalue weighted by Gasteiger charge is -2.19. The van der Waals surface area contributed by atoms with E-state index >= 15 is 0 Å². The normalized spacial score (nSPS) is 11.6. The Hall–Kier alpha value is -4.50. The van der Waals surface area contributed by atoms with Crippen molar-refractivity contribution >= 4 is 5.97 Å². The van der Waals surface area contributed by atoms with Crippen LogP contribution in [0.15, 0.2) is 133 Å². The van der Waals surface area contributed by atoms with Gasteiger partial charge < -0.3 is 4.74 Å². The summed E-state index contributed by atoms with van der Waals surface area (Å²) in [6.07, 6.45) is 0.523. The number of aromatic nitrogens is 1. The Kier molecular flexibility index (Phi) is 7.52. The van der Waals surface area contributed by atoms with E-state index in [9.17, 15) is 4.79 Å². The first-order valence-electron chi connectivity index (χ1n) is 12.7. The van der Waals surface area contributed by atoms with Crippen molar-refractivity contribution in [1.29, 1.82) is 0 Å². The van der Waals surface area contributed by atoms with Gasteiger partial charge in [0.25, 0.3) is 6.04 Å². The number of hydrogen-bond donors (Lipinski definition) is 0. The van der Waals surface area contributed by atoms with Gasteiger partial charge in [-0.15, -0.1) is 0 Å². The van der Waals surface area contributed by atoms with Crippen molar-refractivity contribution in [3.63, 3.8) is 0 Å². The van der Waals surface area contributed by atoms with Crippen molar-refractivity contribution in [2.24, 2.45) is 0 Å². The molecule has 1 atom stereocenters. The quantitative estimate of drug-likeness (QED) is 0.171. The highest BCUT2D eigenvalue weighted by Gasteiger charge is 2.36. The van der Waals surface area contributed by atoms with Gasteiger partial charge in [-0.25, -0.2) is 4.79 Å². The highest BCUT2D eigenvalue weighted by atomic mass is 16.5. The van der Waals surface area contributed by atoms with E-state index in [4.69, 9.17) is 4.74 Å². The second kappa shape index (κ2) is 11.5. The molecule has 4 aromatic carbocycles. The topological polar surface area (TPSA) is 30.2 Å². The molecular formula is C34H30NO2+. The number of pyridine rings is 1. The van der Waals surface area contributed by atoms with Crippen LogP contribution >= 0.6 is 0 Å². The fourth-order valence-corrected chi connectivity index (χ4v) is 4.76. The van der Waals surface area contributed by atoms with E-state index in [-0.39, 0.29) is 5.97 Å². The summed E-state index contributed by atoms with van der Waals surface area (Å²) in [6, 6.07) is 44.9. The van der Waals surface area contributed by atoms with E-state index in [0.29, 0.717) is 13.0 Å². The first kappa shape index (κ1) is 24.2. The van der Waals surface area contributed by atoms with Crippen LogP contribution in [-0.2, 0) is 16.0 Å². The number of carbonyl (C=O) groups is 1. The smallest absolute Gasteiger partial charge is 0.376 e. The van der Waals surface area contributed by atoms with Crippen molar-refractivity contribution in [1.82, 2.24) is 0 Å². The molecule has 0 aliphatic heterocycles. The van der Waals surface area contributed by atoms with Gasteiger partial charge in [-0.05, 0) is 47.9 Å². The number of rotatable bonds is 8. The zero-order chi connectivity index (χ0) is 25.5. The Balaban J connectivity index is 1.82. The molecule has 0 fully saturated rings. The standard InChI is InChI=1S/C34H30NO2/c1-2-37-34(36)33(23-26-15-7-3-8-16-26)35-31(28-19-11-5-12-20-28)24-30(27-17-9-4-10-18-27)25-32(35)29-21-13-6-14-22-29/h3-22,24-25,33H,2,23H2,1H3/q+1. The fourth-order valence-electron chi connectivity index (χ4n) is 4.76. The highest BCUT2D eigenvalue weighted by Crippen LogP contribution is 2.31. The Morgan fingerprint density at radius 2 is 1.05 bits per heavy atom. The summed E-state index contributed by atoms with van der Waals surface area (Å²) in [4.78, 5) is 13.6.